The maximum absolute atomic E-state index is 12.4. The molecule has 0 aliphatic heterocycles. The smallest absolute Gasteiger partial charge is 0.343 e. The number of carbonyl (C=O) groups excluding carboxylic acids is 1. The highest BCUT2D eigenvalue weighted by molar-refractivity contribution is 5.91. The summed E-state index contributed by atoms with van der Waals surface area (Å²) in [5, 5.41) is 0. The Hall–Kier alpha value is -2.75. The van der Waals surface area contributed by atoms with Crippen LogP contribution in [-0.2, 0) is 0 Å². The Balaban J connectivity index is 1.32. The topological polar surface area (TPSA) is 44.8 Å². The molecule has 1 saturated carbocycles. The molecule has 0 atom stereocenters. The zero-order chi connectivity index (χ0) is 24.0. The first-order chi connectivity index (χ1) is 16.7. The van der Waals surface area contributed by atoms with Crippen molar-refractivity contribution in [1.29, 1.82) is 0 Å². The molecule has 2 aromatic rings. The van der Waals surface area contributed by atoms with Gasteiger partial charge in [-0.3, -0.25) is 0 Å². The monoisotopic (exact) mass is 464 g/mol. The van der Waals surface area contributed by atoms with Gasteiger partial charge in [0.15, 0.2) is 0 Å². The molecule has 184 valence electrons. The summed E-state index contributed by atoms with van der Waals surface area (Å²) < 4.78 is 16.8. The molecule has 0 spiro atoms. The van der Waals surface area contributed by atoms with E-state index in [1.54, 1.807) is 42.5 Å². The number of rotatable bonds is 14. The van der Waals surface area contributed by atoms with Gasteiger partial charge in [0.2, 0.25) is 0 Å². The number of hydrogen-bond acceptors (Lipinski definition) is 4. The number of benzene rings is 2. The summed E-state index contributed by atoms with van der Waals surface area (Å²) in [7, 11) is 0. The normalized spacial score (nSPS) is 17.7. The molecule has 4 heteroatoms. The van der Waals surface area contributed by atoms with E-state index < -0.39 is 5.97 Å². The van der Waals surface area contributed by atoms with Crippen molar-refractivity contribution in [1.82, 2.24) is 0 Å². The molecule has 1 aliphatic rings. The molecular formula is C30H40O4. The Labute approximate surface area is 205 Å². The third-order valence-electron chi connectivity index (χ3n) is 6.70. The second-order valence-corrected chi connectivity index (χ2v) is 9.36. The molecule has 2 aromatic carbocycles. The fraction of sp³-hybridized carbons (Fsp3) is 0.500. The third kappa shape index (κ3) is 8.89. The fourth-order valence-electron chi connectivity index (χ4n) is 4.67. The first-order valence-corrected chi connectivity index (χ1v) is 13.0. The van der Waals surface area contributed by atoms with Crippen molar-refractivity contribution >= 4 is 5.97 Å². The molecular weight excluding hydrogens is 424 g/mol. The standard InChI is InChI=1S/C30H40O4/c1-3-5-6-8-24-10-12-25(13-11-24)9-7-23-33-28-18-20-29(21-19-28)34-30(31)26-14-16-27(17-15-26)32-22-4-2/h4,14-21,24-25H,2-3,5-13,22-23H2,1H3/t24-,25-. The summed E-state index contributed by atoms with van der Waals surface area (Å²) in [5.41, 5.74) is 0.473. The van der Waals surface area contributed by atoms with E-state index in [-0.39, 0.29) is 0 Å². The Kier molecular flexibility index (Phi) is 11.0. The van der Waals surface area contributed by atoms with Gasteiger partial charge in [-0.25, -0.2) is 4.79 Å². The second kappa shape index (κ2) is 14.5. The Morgan fingerprint density at radius 3 is 2.00 bits per heavy atom. The van der Waals surface area contributed by atoms with Crippen molar-refractivity contribution in [3.8, 4) is 17.2 Å². The summed E-state index contributed by atoms with van der Waals surface area (Å²) in [5.74, 6) is 3.44. The van der Waals surface area contributed by atoms with Crippen molar-refractivity contribution in [2.75, 3.05) is 13.2 Å². The van der Waals surface area contributed by atoms with Crippen molar-refractivity contribution in [3.63, 3.8) is 0 Å². The summed E-state index contributed by atoms with van der Waals surface area (Å²) >= 11 is 0. The van der Waals surface area contributed by atoms with Crippen LogP contribution >= 0.6 is 0 Å². The molecule has 0 bridgehead atoms. The molecule has 0 amide bonds. The first kappa shape index (κ1) is 25.9. The lowest BCUT2D eigenvalue weighted by molar-refractivity contribution is 0.0734. The van der Waals surface area contributed by atoms with Gasteiger partial charge >= 0.3 is 5.97 Å². The van der Waals surface area contributed by atoms with E-state index in [9.17, 15) is 4.79 Å². The number of unbranched alkanes of at least 4 members (excludes halogenated alkanes) is 2. The highest BCUT2D eigenvalue weighted by atomic mass is 16.5. The van der Waals surface area contributed by atoms with Gasteiger partial charge in [0.25, 0.3) is 0 Å². The molecule has 0 saturated heterocycles. The van der Waals surface area contributed by atoms with Crippen LogP contribution in [0.2, 0.25) is 0 Å². The minimum absolute atomic E-state index is 0.399. The highest BCUT2D eigenvalue weighted by Gasteiger charge is 2.20. The molecule has 0 heterocycles. The molecule has 3 rings (SSSR count). The predicted octanol–water partition coefficient (Wildman–Crippen LogP) is 8.02. The van der Waals surface area contributed by atoms with Crippen LogP contribution in [0.3, 0.4) is 0 Å². The van der Waals surface area contributed by atoms with E-state index in [1.807, 2.05) is 12.1 Å². The van der Waals surface area contributed by atoms with Gasteiger partial charge in [-0.2, -0.15) is 0 Å². The van der Waals surface area contributed by atoms with Crippen LogP contribution in [0.5, 0.6) is 17.2 Å². The van der Waals surface area contributed by atoms with Crippen LogP contribution < -0.4 is 14.2 Å². The Bertz CT molecular complexity index is 848. The van der Waals surface area contributed by atoms with E-state index in [2.05, 4.69) is 13.5 Å². The van der Waals surface area contributed by atoms with Crippen LogP contribution in [0.25, 0.3) is 0 Å². The van der Waals surface area contributed by atoms with Gasteiger partial charge in [-0.15, -0.1) is 0 Å². The lowest BCUT2D eigenvalue weighted by Gasteiger charge is -2.28. The molecule has 0 aromatic heterocycles. The van der Waals surface area contributed by atoms with E-state index in [0.717, 1.165) is 30.6 Å². The quantitative estimate of drug-likeness (QED) is 0.123. The SMILES string of the molecule is C=CCOc1ccc(C(=O)Oc2ccc(OCCC[C@H]3CC[C@H](CCCCC)CC3)cc2)cc1. The Morgan fingerprint density at radius 1 is 0.824 bits per heavy atom. The first-order valence-electron chi connectivity index (χ1n) is 13.0. The molecule has 0 radical (unpaired) electrons. The van der Waals surface area contributed by atoms with E-state index in [4.69, 9.17) is 14.2 Å². The number of carbonyl (C=O) groups is 1. The number of esters is 1. The number of ether oxygens (including phenoxy) is 3. The van der Waals surface area contributed by atoms with E-state index in [1.165, 1.54) is 57.8 Å². The minimum Gasteiger partial charge on any atom is -0.494 e. The summed E-state index contributed by atoms with van der Waals surface area (Å²) in [4.78, 5) is 12.4. The summed E-state index contributed by atoms with van der Waals surface area (Å²) in [6.45, 7) is 7.06. The van der Waals surface area contributed by atoms with Crippen LogP contribution in [-0.4, -0.2) is 19.2 Å². The van der Waals surface area contributed by atoms with Crippen molar-refractivity contribution in [3.05, 3.63) is 66.7 Å². The zero-order valence-electron chi connectivity index (χ0n) is 20.7. The van der Waals surface area contributed by atoms with Gasteiger partial charge in [0, 0.05) is 0 Å². The zero-order valence-corrected chi connectivity index (χ0v) is 20.7. The summed E-state index contributed by atoms with van der Waals surface area (Å²) in [6.07, 6.45) is 15.2. The molecule has 0 unspecified atom stereocenters. The molecule has 0 N–H and O–H groups in total. The van der Waals surface area contributed by atoms with Crippen LogP contribution in [0, 0.1) is 11.8 Å². The average molecular weight is 465 g/mol. The largest absolute Gasteiger partial charge is 0.494 e. The second-order valence-electron chi connectivity index (χ2n) is 9.36. The van der Waals surface area contributed by atoms with Gasteiger partial charge in [-0.1, -0.05) is 70.9 Å². The maximum Gasteiger partial charge on any atom is 0.343 e. The van der Waals surface area contributed by atoms with Crippen LogP contribution in [0.15, 0.2) is 61.2 Å². The van der Waals surface area contributed by atoms with Crippen molar-refractivity contribution in [2.24, 2.45) is 11.8 Å². The molecule has 34 heavy (non-hydrogen) atoms. The minimum atomic E-state index is -0.399. The van der Waals surface area contributed by atoms with Gasteiger partial charge < -0.3 is 14.2 Å². The molecule has 1 fully saturated rings. The highest BCUT2D eigenvalue weighted by Crippen LogP contribution is 2.34. The average Bonchev–Trinajstić information content (AvgIpc) is 2.87. The van der Waals surface area contributed by atoms with Crippen molar-refractivity contribution < 1.29 is 19.0 Å². The van der Waals surface area contributed by atoms with Gasteiger partial charge in [-0.05, 0) is 73.2 Å². The molecule has 4 nitrogen and oxygen atoms in total. The van der Waals surface area contributed by atoms with Crippen molar-refractivity contribution in [2.45, 2.75) is 71.1 Å². The predicted molar refractivity (Wildman–Crippen MR) is 138 cm³/mol. The van der Waals surface area contributed by atoms with E-state index >= 15 is 0 Å². The maximum atomic E-state index is 12.4. The van der Waals surface area contributed by atoms with Crippen LogP contribution in [0.4, 0.5) is 0 Å². The lowest BCUT2D eigenvalue weighted by Crippen LogP contribution is -2.15. The molecule has 1 aliphatic carbocycles. The van der Waals surface area contributed by atoms with Gasteiger partial charge in [0.1, 0.15) is 23.9 Å². The third-order valence-corrected chi connectivity index (χ3v) is 6.70. The van der Waals surface area contributed by atoms with Gasteiger partial charge in [0.05, 0.1) is 12.2 Å². The number of hydrogen-bond donors (Lipinski definition) is 0. The lowest BCUT2D eigenvalue weighted by atomic mass is 9.78. The fourth-order valence-corrected chi connectivity index (χ4v) is 4.67. The van der Waals surface area contributed by atoms with Crippen LogP contribution in [0.1, 0.15) is 81.5 Å². The summed E-state index contributed by atoms with van der Waals surface area (Å²) in [6, 6.07) is 14.1. The Morgan fingerprint density at radius 2 is 1.38 bits per heavy atom. The van der Waals surface area contributed by atoms with E-state index in [0.29, 0.717) is 23.7 Å².